The average Bonchev–Trinajstić information content (AvgIpc) is 4.03. The molecule has 0 fully saturated rings. The van der Waals surface area contributed by atoms with Gasteiger partial charge < -0.3 is 13.5 Å². The fraction of sp³-hybridized carbons (Fsp3) is 0.0256. The van der Waals surface area contributed by atoms with Crippen LogP contribution in [0.1, 0.15) is 29.5 Å². The van der Waals surface area contributed by atoms with Gasteiger partial charge in [0.2, 0.25) is 0 Å². The molecule has 2 aliphatic rings. The molecule has 0 spiro atoms. The van der Waals surface area contributed by atoms with Crippen molar-refractivity contribution in [2.45, 2.75) is 12.8 Å². The Labute approximate surface area is 476 Å². The summed E-state index contributed by atoms with van der Waals surface area (Å²) in [7, 11) is -3.37. The van der Waals surface area contributed by atoms with Crippen LogP contribution in [0.15, 0.2) is 307 Å². The van der Waals surface area contributed by atoms with Crippen LogP contribution in [0.3, 0.4) is 0 Å². The molecule has 1 unspecified atom stereocenters. The second-order valence-electron chi connectivity index (χ2n) is 21.2. The molecule has 82 heavy (non-hydrogen) atoms. The number of fused-ring (bicyclic) bond motifs is 6. The van der Waals surface area contributed by atoms with Gasteiger partial charge in [0.05, 0.1) is 11.0 Å². The summed E-state index contributed by atoms with van der Waals surface area (Å²) in [6.07, 6.45) is 12.6. The van der Waals surface area contributed by atoms with E-state index < -0.39 is 7.14 Å². The molecular weight excluding hydrogens is 1010 g/mol. The summed E-state index contributed by atoms with van der Waals surface area (Å²) in [4.78, 5) is 0. The number of furan rings is 1. The summed E-state index contributed by atoms with van der Waals surface area (Å²) in [6, 6.07) is 92.1. The van der Waals surface area contributed by atoms with Crippen LogP contribution in [-0.4, -0.2) is 4.57 Å². The van der Waals surface area contributed by atoms with Crippen molar-refractivity contribution < 1.29 is 8.98 Å². The quantitative estimate of drug-likeness (QED) is 0.0956. The van der Waals surface area contributed by atoms with E-state index in [0.717, 1.165) is 117 Å². The molecule has 0 amide bonds. The Morgan fingerprint density at radius 1 is 0.415 bits per heavy atom. The van der Waals surface area contributed by atoms with E-state index in [1.807, 2.05) is 42.5 Å². The zero-order valence-electron chi connectivity index (χ0n) is 44.8. The third-order valence-electron chi connectivity index (χ3n) is 16.6. The molecule has 2 heterocycles. The SMILES string of the molecule is O=P(c1ccccc1)(c1ccc(-c2ccc(-c3ccccc3-c3ccccc3C3=C(c4ccccc4)CCC=C3)cc2)cc1)c1ccc2c(c1)c1ccccc1n2-c1ccc(-c2cccc3c2oc2ccc(C4=CC=C=C=C4)cc23)cc1. The van der Waals surface area contributed by atoms with Crippen LogP contribution in [0.2, 0.25) is 0 Å². The van der Waals surface area contributed by atoms with Gasteiger partial charge in [-0.25, -0.2) is 0 Å². The number of rotatable bonds is 11. The molecular formula is C78H52NO2P. The van der Waals surface area contributed by atoms with Gasteiger partial charge in [-0.3, -0.25) is 0 Å². The summed E-state index contributed by atoms with van der Waals surface area (Å²) >= 11 is 0. The van der Waals surface area contributed by atoms with E-state index in [4.69, 9.17) is 4.42 Å². The minimum Gasteiger partial charge on any atom is -0.455 e. The van der Waals surface area contributed by atoms with Crippen LogP contribution in [0.5, 0.6) is 0 Å². The molecule has 4 heteroatoms. The normalized spacial score (nSPS) is 13.8. The second-order valence-corrected chi connectivity index (χ2v) is 23.9. The summed E-state index contributed by atoms with van der Waals surface area (Å²) in [5.74, 6) is 0. The minimum absolute atomic E-state index is 0.789. The highest BCUT2D eigenvalue weighted by molar-refractivity contribution is 7.85. The molecule has 2 aliphatic carbocycles. The van der Waals surface area contributed by atoms with Gasteiger partial charge >= 0.3 is 0 Å². The molecule has 0 radical (unpaired) electrons. The monoisotopic (exact) mass is 1070 g/mol. The van der Waals surface area contributed by atoms with Crippen LogP contribution in [0.4, 0.5) is 0 Å². The number of benzene rings is 11. The first-order valence-corrected chi connectivity index (χ1v) is 29.7. The Kier molecular flexibility index (Phi) is 12.2. The third kappa shape index (κ3) is 8.44. The molecule has 0 saturated heterocycles. The zero-order valence-corrected chi connectivity index (χ0v) is 45.7. The summed E-state index contributed by atoms with van der Waals surface area (Å²) in [5, 5.41) is 6.69. The first-order valence-electron chi connectivity index (χ1n) is 28.0. The Bertz CT molecular complexity index is 4920. The molecule has 2 aromatic heterocycles. The van der Waals surface area contributed by atoms with Crippen molar-refractivity contribution in [3.63, 3.8) is 0 Å². The first-order chi connectivity index (χ1) is 40.5. The predicted octanol–water partition coefficient (Wildman–Crippen LogP) is 19.5. The molecule has 0 saturated carbocycles. The van der Waals surface area contributed by atoms with E-state index in [0.29, 0.717) is 0 Å². The predicted molar refractivity (Wildman–Crippen MR) is 345 cm³/mol. The zero-order chi connectivity index (χ0) is 54.6. The van der Waals surface area contributed by atoms with Crippen molar-refractivity contribution >= 4 is 83.5 Å². The maximum absolute atomic E-state index is 16.3. The lowest BCUT2D eigenvalue weighted by molar-refractivity contribution is 0.592. The highest BCUT2D eigenvalue weighted by Crippen LogP contribution is 2.46. The van der Waals surface area contributed by atoms with Crippen LogP contribution in [-0.2, 0) is 4.57 Å². The van der Waals surface area contributed by atoms with Gasteiger partial charge in [0.15, 0.2) is 7.14 Å². The summed E-state index contributed by atoms with van der Waals surface area (Å²) < 4.78 is 25.2. The van der Waals surface area contributed by atoms with E-state index >= 15 is 4.57 Å². The van der Waals surface area contributed by atoms with Crippen molar-refractivity contribution in [1.29, 1.82) is 0 Å². The number of aromatic nitrogens is 1. The van der Waals surface area contributed by atoms with Crippen LogP contribution < -0.4 is 15.9 Å². The number of hydrogen-bond acceptors (Lipinski definition) is 2. The lowest BCUT2D eigenvalue weighted by atomic mass is 9.83. The molecule has 3 nitrogen and oxygen atoms in total. The fourth-order valence-corrected chi connectivity index (χ4v) is 15.2. The van der Waals surface area contributed by atoms with Crippen molar-refractivity contribution in [1.82, 2.24) is 4.57 Å². The fourth-order valence-electron chi connectivity index (χ4n) is 12.5. The van der Waals surface area contributed by atoms with Crippen LogP contribution in [0.25, 0.3) is 111 Å². The smallest absolute Gasteiger partial charge is 0.171 e. The standard InChI is InChI=1S/C78H52NO2P/c80-82(61-23-8-3-9-24-61,62-46-41-55(42-47-62)54-35-37-57(38-36-54)65-26-11-13-28-68(65)70-30-15-14-29-69(70)67-27-12-10-25-64(67)56-21-6-2-7-22-56)63-48-49-76-73(52-63)71-31-16-17-34-75(71)79(76)60-44-39-58(40-45-60)66-32-18-33-72-74-51-59(53-19-4-1-5-20-53)43-50-77(74)81-78(66)72/h2-4,6-9,11-24,26-52H,10,25H2. The lowest BCUT2D eigenvalue weighted by Crippen LogP contribution is -2.25. The molecule has 1 atom stereocenters. The van der Waals surface area contributed by atoms with Gasteiger partial charge in [-0.15, -0.1) is 0 Å². The van der Waals surface area contributed by atoms with Gasteiger partial charge in [0.1, 0.15) is 11.2 Å². The Morgan fingerprint density at radius 3 is 1.77 bits per heavy atom. The van der Waals surface area contributed by atoms with Gasteiger partial charge in [-0.2, -0.15) is 0 Å². The highest BCUT2D eigenvalue weighted by atomic mass is 31.2. The van der Waals surface area contributed by atoms with E-state index in [1.165, 1.54) is 39.0 Å². The molecule has 386 valence electrons. The third-order valence-corrected chi connectivity index (χ3v) is 19.6. The van der Waals surface area contributed by atoms with Crippen molar-refractivity contribution in [3.05, 3.63) is 319 Å². The number of allylic oxidation sites excluding steroid dienone is 8. The van der Waals surface area contributed by atoms with E-state index in [-0.39, 0.29) is 0 Å². The second kappa shape index (κ2) is 20.5. The van der Waals surface area contributed by atoms with Crippen molar-refractivity contribution in [3.8, 4) is 50.2 Å². The minimum atomic E-state index is -3.37. The van der Waals surface area contributed by atoms with Gasteiger partial charge in [0.25, 0.3) is 0 Å². The maximum Gasteiger partial charge on any atom is 0.171 e. The molecule has 15 rings (SSSR count). The van der Waals surface area contributed by atoms with Crippen molar-refractivity contribution in [2.75, 3.05) is 0 Å². The van der Waals surface area contributed by atoms with E-state index in [1.54, 1.807) is 0 Å². The van der Waals surface area contributed by atoms with E-state index in [9.17, 15) is 0 Å². The van der Waals surface area contributed by atoms with Gasteiger partial charge in [-0.05, 0) is 152 Å². The lowest BCUT2D eigenvalue weighted by Gasteiger charge is -2.21. The first kappa shape index (κ1) is 48.9. The average molecular weight is 1070 g/mol. The largest absolute Gasteiger partial charge is 0.455 e. The molecule has 0 N–H and O–H groups in total. The van der Waals surface area contributed by atoms with Gasteiger partial charge in [0, 0.05) is 48.7 Å². The van der Waals surface area contributed by atoms with Crippen LogP contribution in [0, 0.1) is 0 Å². The molecule has 13 aromatic rings. The Hall–Kier alpha value is -10.2. The summed E-state index contributed by atoms with van der Waals surface area (Å²) in [6.45, 7) is 0. The topological polar surface area (TPSA) is 35.1 Å². The number of hydrogen-bond donors (Lipinski definition) is 0. The number of para-hydroxylation sites is 2. The molecule has 0 bridgehead atoms. The molecule has 0 aliphatic heterocycles. The Morgan fingerprint density at radius 2 is 1.00 bits per heavy atom. The molecule has 11 aromatic carbocycles. The Balaban J connectivity index is 0.747. The number of nitrogens with zero attached hydrogens (tertiary/aromatic N) is 1. The maximum atomic E-state index is 16.3. The van der Waals surface area contributed by atoms with Gasteiger partial charge in [-0.1, -0.05) is 236 Å². The van der Waals surface area contributed by atoms with Crippen LogP contribution >= 0.6 is 7.14 Å². The highest BCUT2D eigenvalue weighted by Gasteiger charge is 2.31. The summed E-state index contributed by atoms with van der Waals surface area (Å²) in [5.41, 5.74) is 27.4. The van der Waals surface area contributed by atoms with E-state index in [2.05, 4.69) is 265 Å². The van der Waals surface area contributed by atoms with Crippen molar-refractivity contribution in [2.24, 2.45) is 0 Å².